The van der Waals surface area contributed by atoms with E-state index >= 15 is 0 Å². The first-order chi connectivity index (χ1) is 6.75. The van der Waals surface area contributed by atoms with Gasteiger partial charge in [-0.05, 0) is 38.5 Å². The molecule has 0 aromatic carbocycles. The standard InChI is InChI=1S/C11H20NO2/c13-10-3-1-9(2-4-10)12-7-5-11(14)6-8-12/h9-11,13H,1-8H2. The molecule has 3 nitrogen and oxygen atoms in total. The molecule has 0 spiro atoms. The molecule has 0 atom stereocenters. The summed E-state index contributed by atoms with van der Waals surface area (Å²) in [4.78, 5) is 2.46. The molecule has 0 amide bonds. The van der Waals surface area contributed by atoms with Crippen LogP contribution in [0.5, 0.6) is 0 Å². The Bertz CT molecular complexity index is 150. The highest BCUT2D eigenvalue weighted by Crippen LogP contribution is 2.25. The van der Waals surface area contributed by atoms with E-state index in [0.717, 1.165) is 51.6 Å². The lowest BCUT2D eigenvalue weighted by atomic mass is 9.90. The Hall–Kier alpha value is -0.120. The van der Waals surface area contributed by atoms with Crippen molar-refractivity contribution in [1.29, 1.82) is 0 Å². The largest absolute Gasteiger partial charge is 0.393 e. The number of piperidine rings is 1. The molecule has 14 heavy (non-hydrogen) atoms. The topological polar surface area (TPSA) is 43.4 Å². The second-order valence-electron chi connectivity index (χ2n) is 4.70. The number of hydrogen-bond acceptors (Lipinski definition) is 2. The average Bonchev–Trinajstić information content (AvgIpc) is 2.21. The van der Waals surface area contributed by atoms with Crippen molar-refractivity contribution in [2.75, 3.05) is 13.1 Å². The maximum atomic E-state index is 11.2. The van der Waals surface area contributed by atoms with Crippen molar-refractivity contribution in [3.8, 4) is 0 Å². The van der Waals surface area contributed by atoms with Crippen molar-refractivity contribution >= 4 is 0 Å². The molecule has 1 radical (unpaired) electrons. The highest BCUT2D eigenvalue weighted by Gasteiger charge is 2.27. The number of aliphatic hydroxyl groups is 1. The molecular formula is C11H20NO2. The van der Waals surface area contributed by atoms with Crippen molar-refractivity contribution in [1.82, 2.24) is 4.90 Å². The van der Waals surface area contributed by atoms with Crippen LogP contribution in [0.25, 0.3) is 0 Å². The molecule has 1 aliphatic carbocycles. The van der Waals surface area contributed by atoms with Crippen LogP contribution in [0.1, 0.15) is 38.5 Å². The lowest BCUT2D eigenvalue weighted by Crippen LogP contribution is -2.44. The molecule has 2 rings (SSSR count). The lowest BCUT2D eigenvalue weighted by Gasteiger charge is -2.38. The first kappa shape index (κ1) is 10.4. The van der Waals surface area contributed by atoms with Gasteiger partial charge in [0.05, 0.1) is 12.2 Å². The number of rotatable bonds is 1. The summed E-state index contributed by atoms with van der Waals surface area (Å²) in [5.41, 5.74) is 0. The van der Waals surface area contributed by atoms with E-state index in [1.54, 1.807) is 0 Å². The molecule has 1 heterocycles. The average molecular weight is 198 g/mol. The molecular weight excluding hydrogens is 178 g/mol. The van der Waals surface area contributed by atoms with Crippen LogP contribution >= 0.6 is 0 Å². The third-order valence-electron chi connectivity index (χ3n) is 3.66. The normalized spacial score (nSPS) is 37.3. The molecule has 1 N–H and O–H groups in total. The number of likely N-dealkylation sites (tertiary alicyclic amines) is 1. The smallest absolute Gasteiger partial charge is 0.0954 e. The van der Waals surface area contributed by atoms with Crippen LogP contribution in [-0.4, -0.2) is 41.3 Å². The maximum absolute atomic E-state index is 11.2. The highest BCUT2D eigenvalue weighted by molar-refractivity contribution is 4.82. The van der Waals surface area contributed by atoms with Crippen molar-refractivity contribution < 1.29 is 10.2 Å². The molecule has 2 aliphatic rings. The Balaban J connectivity index is 1.78. The third kappa shape index (κ3) is 2.47. The minimum atomic E-state index is -0.319. The van der Waals surface area contributed by atoms with E-state index in [2.05, 4.69) is 4.90 Å². The van der Waals surface area contributed by atoms with Crippen molar-refractivity contribution in [3.05, 3.63) is 0 Å². The van der Waals surface area contributed by atoms with Crippen molar-refractivity contribution in [2.45, 2.75) is 56.8 Å². The van der Waals surface area contributed by atoms with Gasteiger partial charge in [0, 0.05) is 19.1 Å². The van der Waals surface area contributed by atoms with Gasteiger partial charge in [-0.25, -0.2) is 5.11 Å². The van der Waals surface area contributed by atoms with E-state index in [9.17, 15) is 10.2 Å². The molecule has 1 aliphatic heterocycles. The molecule has 3 heteroatoms. The van der Waals surface area contributed by atoms with Crippen LogP contribution < -0.4 is 0 Å². The van der Waals surface area contributed by atoms with E-state index in [0.29, 0.717) is 6.04 Å². The number of nitrogens with zero attached hydrogens (tertiary/aromatic N) is 1. The Morgan fingerprint density at radius 2 is 1.50 bits per heavy atom. The summed E-state index contributed by atoms with van der Waals surface area (Å²) < 4.78 is 0. The van der Waals surface area contributed by atoms with Crippen LogP contribution in [-0.2, 0) is 5.11 Å². The number of aliphatic hydroxyl groups excluding tert-OH is 1. The van der Waals surface area contributed by atoms with Gasteiger partial charge in [0.25, 0.3) is 0 Å². The predicted molar refractivity (Wildman–Crippen MR) is 53.5 cm³/mol. The Morgan fingerprint density at radius 1 is 0.929 bits per heavy atom. The zero-order valence-corrected chi connectivity index (χ0v) is 8.69. The Morgan fingerprint density at radius 3 is 2.07 bits per heavy atom. The van der Waals surface area contributed by atoms with Gasteiger partial charge >= 0.3 is 0 Å². The van der Waals surface area contributed by atoms with E-state index < -0.39 is 0 Å². The van der Waals surface area contributed by atoms with Crippen molar-refractivity contribution in [3.63, 3.8) is 0 Å². The molecule has 0 bridgehead atoms. The first-order valence-corrected chi connectivity index (χ1v) is 5.83. The van der Waals surface area contributed by atoms with Crippen LogP contribution in [0.2, 0.25) is 0 Å². The van der Waals surface area contributed by atoms with Gasteiger partial charge in [0.1, 0.15) is 0 Å². The zero-order chi connectivity index (χ0) is 9.97. The Kier molecular flexibility index (Phi) is 3.42. The molecule has 0 aromatic rings. The van der Waals surface area contributed by atoms with Gasteiger partial charge in [-0.15, -0.1) is 0 Å². The summed E-state index contributed by atoms with van der Waals surface area (Å²) in [7, 11) is 0. The molecule has 0 unspecified atom stereocenters. The van der Waals surface area contributed by atoms with Gasteiger partial charge in [-0.2, -0.15) is 0 Å². The summed E-state index contributed by atoms with van der Waals surface area (Å²) in [6.07, 6.45) is 5.38. The molecule has 1 saturated heterocycles. The fraction of sp³-hybridized carbons (Fsp3) is 1.00. The summed E-state index contributed by atoms with van der Waals surface area (Å²) in [5.74, 6) is 0. The summed E-state index contributed by atoms with van der Waals surface area (Å²) in [5, 5.41) is 20.6. The second-order valence-corrected chi connectivity index (χ2v) is 4.70. The zero-order valence-electron chi connectivity index (χ0n) is 8.69. The molecule has 2 fully saturated rings. The minimum absolute atomic E-state index is 0.0664. The van der Waals surface area contributed by atoms with Crippen LogP contribution in [0.15, 0.2) is 0 Å². The summed E-state index contributed by atoms with van der Waals surface area (Å²) in [6, 6.07) is 0.644. The van der Waals surface area contributed by atoms with Crippen LogP contribution in [0, 0.1) is 0 Å². The fourth-order valence-corrected chi connectivity index (χ4v) is 2.66. The molecule has 81 valence electrons. The van der Waals surface area contributed by atoms with Gasteiger partial charge in [0.2, 0.25) is 0 Å². The van der Waals surface area contributed by atoms with Gasteiger partial charge in [0.15, 0.2) is 0 Å². The van der Waals surface area contributed by atoms with E-state index in [4.69, 9.17) is 0 Å². The van der Waals surface area contributed by atoms with Crippen LogP contribution in [0.3, 0.4) is 0 Å². The lowest BCUT2D eigenvalue weighted by molar-refractivity contribution is 0.000177. The maximum Gasteiger partial charge on any atom is 0.0954 e. The summed E-state index contributed by atoms with van der Waals surface area (Å²) in [6.45, 7) is 1.96. The number of hydrogen-bond donors (Lipinski definition) is 1. The van der Waals surface area contributed by atoms with E-state index in [1.807, 2.05) is 0 Å². The summed E-state index contributed by atoms with van der Waals surface area (Å²) >= 11 is 0. The third-order valence-corrected chi connectivity index (χ3v) is 3.66. The Labute approximate surface area is 85.7 Å². The van der Waals surface area contributed by atoms with Gasteiger partial charge < -0.3 is 10.0 Å². The van der Waals surface area contributed by atoms with E-state index in [-0.39, 0.29) is 12.2 Å². The minimum Gasteiger partial charge on any atom is -0.393 e. The predicted octanol–water partition coefficient (Wildman–Crippen LogP) is 1.18. The molecule has 0 aromatic heterocycles. The van der Waals surface area contributed by atoms with E-state index in [1.165, 1.54) is 0 Å². The molecule has 1 saturated carbocycles. The quantitative estimate of drug-likeness (QED) is 0.687. The second kappa shape index (κ2) is 4.60. The van der Waals surface area contributed by atoms with Crippen LogP contribution in [0.4, 0.5) is 0 Å². The monoisotopic (exact) mass is 198 g/mol. The van der Waals surface area contributed by atoms with Gasteiger partial charge in [-0.3, -0.25) is 0 Å². The van der Waals surface area contributed by atoms with Gasteiger partial charge in [-0.1, -0.05) is 0 Å². The fourth-order valence-electron chi connectivity index (χ4n) is 2.66. The highest BCUT2D eigenvalue weighted by atomic mass is 16.3. The first-order valence-electron chi connectivity index (χ1n) is 5.83. The van der Waals surface area contributed by atoms with Crippen molar-refractivity contribution in [2.24, 2.45) is 0 Å². The SMILES string of the molecule is [O]C1CCN(C2CCC(O)CC2)CC1.